The zero-order valence-corrected chi connectivity index (χ0v) is 22.8. The van der Waals surface area contributed by atoms with Gasteiger partial charge in [-0.2, -0.15) is 0 Å². The number of nitrogens with one attached hydrogen (secondary N) is 1. The minimum atomic E-state index is -2.91. The zero-order chi connectivity index (χ0) is 24.9. The van der Waals surface area contributed by atoms with Gasteiger partial charge in [-0.05, 0) is 46.1 Å². The van der Waals surface area contributed by atoms with Crippen LogP contribution in [0.4, 0.5) is 0 Å². The number of allylic oxidation sites excluding steroid dienone is 3. The smallest absolute Gasteiger partial charge is 0.208 e. The maximum atomic E-state index is 9.89. The Morgan fingerprint density at radius 3 is 0.897 bits per heavy atom. The largest absolute Gasteiger partial charge is 0.388 e. The first-order valence-electron chi connectivity index (χ1n) is 10.5. The van der Waals surface area contributed by atoms with Crippen molar-refractivity contribution in [2.45, 2.75) is 93.9 Å². The number of sulfonamides is 1. The minimum Gasteiger partial charge on any atom is -0.388 e. The Hall–Kier alpha value is -0.910. The third-order valence-electron chi connectivity index (χ3n) is 2.97. The summed E-state index contributed by atoms with van der Waals surface area (Å²) < 4.78 is 26.1. The maximum Gasteiger partial charge on any atom is 0.208 e. The molecule has 0 spiro atoms. The summed E-state index contributed by atoms with van der Waals surface area (Å²) in [5, 5.41) is 0. The summed E-state index contributed by atoms with van der Waals surface area (Å²) in [5.74, 6) is 0. The molecule has 4 nitrogen and oxygen atoms in total. The van der Waals surface area contributed by atoms with Gasteiger partial charge in [-0.25, -0.2) is 13.1 Å². The second-order valence-corrected chi connectivity index (χ2v) is 8.27. The summed E-state index contributed by atoms with van der Waals surface area (Å²) in [6.07, 6.45) is 8.01. The van der Waals surface area contributed by atoms with Gasteiger partial charge >= 0.3 is 0 Å². The molecular weight excluding hydrogens is 382 g/mol. The van der Waals surface area contributed by atoms with Gasteiger partial charge in [-0.1, -0.05) is 84.8 Å². The van der Waals surface area contributed by atoms with Gasteiger partial charge in [0.15, 0.2) is 0 Å². The van der Waals surface area contributed by atoms with Gasteiger partial charge in [0.2, 0.25) is 10.0 Å². The molecule has 0 fully saturated rings. The van der Waals surface area contributed by atoms with Gasteiger partial charge in [-0.15, -0.1) is 6.58 Å². The van der Waals surface area contributed by atoms with Crippen LogP contribution in [0.3, 0.4) is 0 Å². The predicted molar refractivity (Wildman–Crippen MR) is 137 cm³/mol. The fourth-order valence-electron chi connectivity index (χ4n) is 0.500. The lowest BCUT2D eigenvalue weighted by Gasteiger charge is -1.89. The van der Waals surface area contributed by atoms with Gasteiger partial charge < -0.3 is 4.74 Å². The highest BCUT2D eigenvalue weighted by atomic mass is 32.2. The summed E-state index contributed by atoms with van der Waals surface area (Å²) in [6, 6.07) is 0. The monoisotopic (exact) mass is 437 g/mol. The van der Waals surface area contributed by atoms with E-state index < -0.39 is 10.0 Å². The quantitative estimate of drug-likeness (QED) is 0.436. The summed E-state index contributed by atoms with van der Waals surface area (Å²) in [5.41, 5.74) is 3.94. The van der Waals surface area contributed by atoms with Crippen molar-refractivity contribution in [1.82, 2.24) is 4.72 Å². The molecule has 5 heteroatoms. The highest BCUT2D eigenvalue weighted by Crippen LogP contribution is 1.99. The average molecular weight is 438 g/mol. The van der Waals surface area contributed by atoms with Gasteiger partial charge in [0.25, 0.3) is 0 Å². The van der Waals surface area contributed by atoms with E-state index in [9.17, 15) is 8.42 Å². The van der Waals surface area contributed by atoms with Crippen molar-refractivity contribution < 1.29 is 13.2 Å². The standard InChI is InChI=1S/2C6H12.C5H10.C3H8.C2H7NO2S.C2H6O/c2*1-4-6(3)5-2;1-4-5(2)3;1-3-2;1-3-6(2,4)5;1-3-2/h2*3-5H2,1-2H3;2,4H2,1,3H3;3H2,1-2H3;3H,1-2H3;1-2H3. The van der Waals surface area contributed by atoms with Gasteiger partial charge in [0.1, 0.15) is 0 Å². The lowest BCUT2D eigenvalue weighted by atomic mass is 10.2. The first-order valence-corrected chi connectivity index (χ1v) is 12.4. The minimum absolute atomic E-state index is 1.10. The molecule has 0 atom stereocenters. The van der Waals surface area contributed by atoms with E-state index in [0.29, 0.717) is 0 Å². The third-order valence-corrected chi connectivity index (χ3v) is 3.72. The van der Waals surface area contributed by atoms with Crippen LogP contribution in [0.5, 0.6) is 0 Å². The first kappa shape index (κ1) is 42.2. The highest BCUT2D eigenvalue weighted by Gasteiger charge is 1.88. The SMILES string of the molecule is C=C(C)CC.C=C(CC)CC.C=C(CC)CC.CCC.CNS(C)(=O)=O.COC. The van der Waals surface area contributed by atoms with Crippen LogP contribution in [0.2, 0.25) is 0 Å². The molecule has 0 heterocycles. The van der Waals surface area contributed by atoms with Crippen molar-refractivity contribution in [3.8, 4) is 0 Å². The Morgan fingerprint density at radius 1 is 0.759 bits per heavy atom. The van der Waals surface area contributed by atoms with Crippen molar-refractivity contribution in [3.63, 3.8) is 0 Å². The molecule has 0 saturated carbocycles. The third kappa shape index (κ3) is 117. The summed E-state index contributed by atoms with van der Waals surface area (Å²) in [6.45, 7) is 28.2. The number of ether oxygens (including phenoxy) is 1. The molecular formula is C24H55NO3S. The van der Waals surface area contributed by atoms with Crippen LogP contribution < -0.4 is 4.72 Å². The van der Waals surface area contributed by atoms with Crippen molar-refractivity contribution in [3.05, 3.63) is 36.5 Å². The first-order chi connectivity index (χ1) is 13.3. The Bertz CT molecular complexity index is 397. The lowest BCUT2D eigenvalue weighted by molar-refractivity contribution is 0.277. The van der Waals surface area contributed by atoms with Crippen molar-refractivity contribution in [1.29, 1.82) is 0 Å². The molecule has 0 aromatic carbocycles. The van der Waals surface area contributed by atoms with Crippen molar-refractivity contribution >= 4 is 10.0 Å². The summed E-state index contributed by atoms with van der Waals surface area (Å²) >= 11 is 0. The van der Waals surface area contributed by atoms with E-state index >= 15 is 0 Å². The number of hydrogen-bond acceptors (Lipinski definition) is 3. The fraction of sp³-hybridized carbons (Fsp3) is 0.750. The molecule has 0 radical (unpaired) electrons. The Kier molecular flexibility index (Phi) is 55.0. The molecule has 180 valence electrons. The van der Waals surface area contributed by atoms with E-state index in [4.69, 9.17) is 0 Å². The zero-order valence-electron chi connectivity index (χ0n) is 22.0. The molecule has 29 heavy (non-hydrogen) atoms. The lowest BCUT2D eigenvalue weighted by Crippen LogP contribution is -2.15. The Morgan fingerprint density at radius 2 is 0.897 bits per heavy atom. The van der Waals surface area contributed by atoms with Crippen molar-refractivity contribution in [2.75, 3.05) is 27.5 Å². The fourth-order valence-corrected chi connectivity index (χ4v) is 0.500. The normalized spacial score (nSPS) is 8.41. The Balaban J connectivity index is -0.0000000559. The molecule has 0 rings (SSSR count). The molecule has 0 aliphatic carbocycles. The molecule has 0 unspecified atom stereocenters. The molecule has 0 aromatic rings. The van der Waals surface area contributed by atoms with E-state index in [1.807, 2.05) is 6.92 Å². The molecule has 0 amide bonds. The Labute approximate surface area is 186 Å². The molecule has 0 bridgehead atoms. The van der Waals surface area contributed by atoms with E-state index in [-0.39, 0.29) is 0 Å². The van der Waals surface area contributed by atoms with Crippen LogP contribution in [0, 0.1) is 0 Å². The van der Waals surface area contributed by atoms with Crippen LogP contribution in [0.1, 0.15) is 93.9 Å². The van der Waals surface area contributed by atoms with Gasteiger partial charge in [0, 0.05) is 14.2 Å². The van der Waals surface area contributed by atoms with Crippen LogP contribution in [0.25, 0.3) is 0 Å². The highest BCUT2D eigenvalue weighted by molar-refractivity contribution is 7.88. The van der Waals surface area contributed by atoms with Crippen molar-refractivity contribution in [2.24, 2.45) is 0 Å². The van der Waals surface area contributed by atoms with Crippen LogP contribution in [0.15, 0.2) is 36.5 Å². The van der Waals surface area contributed by atoms with Gasteiger partial charge in [0.05, 0.1) is 6.26 Å². The summed E-state index contributed by atoms with van der Waals surface area (Å²) in [7, 11) is 1.71. The molecule has 0 aliphatic heterocycles. The second-order valence-electron chi connectivity index (χ2n) is 6.32. The van der Waals surface area contributed by atoms with Crippen LogP contribution in [-0.4, -0.2) is 35.9 Å². The van der Waals surface area contributed by atoms with E-state index in [0.717, 1.165) is 38.4 Å². The topological polar surface area (TPSA) is 55.4 Å². The molecule has 1 N–H and O–H groups in total. The average Bonchev–Trinajstić information content (AvgIpc) is 2.68. The predicted octanol–water partition coefficient (Wildman–Crippen LogP) is 7.54. The summed E-state index contributed by atoms with van der Waals surface area (Å²) in [4.78, 5) is 0. The van der Waals surface area contributed by atoms with E-state index in [2.05, 4.69) is 77.7 Å². The molecule has 0 saturated heterocycles. The van der Waals surface area contributed by atoms with Crippen LogP contribution in [-0.2, 0) is 14.8 Å². The molecule has 0 aromatic heterocycles. The maximum absolute atomic E-state index is 9.89. The number of hydrogen-bond donors (Lipinski definition) is 1. The van der Waals surface area contributed by atoms with E-state index in [1.54, 1.807) is 14.2 Å². The van der Waals surface area contributed by atoms with Crippen LogP contribution >= 0.6 is 0 Å². The second kappa shape index (κ2) is 37.8. The van der Waals surface area contributed by atoms with E-state index in [1.165, 1.54) is 30.2 Å². The number of rotatable bonds is 6. The molecule has 0 aliphatic rings. The van der Waals surface area contributed by atoms with Gasteiger partial charge in [-0.3, -0.25) is 0 Å². The number of methoxy groups -OCH3 is 1.